The average Bonchev–Trinajstić information content (AvgIpc) is 2.25. The molecule has 0 fully saturated rings. The fourth-order valence-corrected chi connectivity index (χ4v) is 1.68. The minimum Gasteiger partial charge on any atom is -0.488 e. The van der Waals surface area contributed by atoms with Crippen LogP contribution in [0.1, 0.15) is 13.8 Å². The van der Waals surface area contributed by atoms with E-state index >= 15 is 0 Å². The molecule has 0 saturated carbocycles. The second-order valence-electron chi connectivity index (χ2n) is 4.00. The van der Waals surface area contributed by atoms with Crippen molar-refractivity contribution in [3.8, 4) is 5.75 Å². The molecule has 1 aromatic carbocycles. The van der Waals surface area contributed by atoms with E-state index in [1.54, 1.807) is 0 Å². The fraction of sp³-hybridized carbons (Fsp3) is 0.385. The molecule has 0 bridgehead atoms. The molecule has 0 aliphatic rings. The molecule has 0 aliphatic heterocycles. The Hall–Kier alpha value is -0.550. The van der Waals surface area contributed by atoms with Gasteiger partial charge >= 0.3 is 0 Å². The molecule has 1 rings (SSSR count). The summed E-state index contributed by atoms with van der Waals surface area (Å²) in [6.45, 7) is 9.60. The molecule has 88 valence electrons. The number of ether oxygens (including phenoxy) is 1. The topological polar surface area (TPSA) is 21.3 Å². The van der Waals surface area contributed by atoms with Crippen molar-refractivity contribution in [1.29, 1.82) is 0 Å². The van der Waals surface area contributed by atoms with Gasteiger partial charge in [0.25, 0.3) is 0 Å². The highest BCUT2D eigenvalue weighted by Crippen LogP contribution is 2.19. The Morgan fingerprint density at radius 1 is 1.44 bits per heavy atom. The summed E-state index contributed by atoms with van der Waals surface area (Å²) < 4.78 is 6.81. The highest BCUT2D eigenvalue weighted by atomic mass is 127. The van der Waals surface area contributed by atoms with Gasteiger partial charge in [0.2, 0.25) is 0 Å². The van der Waals surface area contributed by atoms with Gasteiger partial charge < -0.3 is 10.1 Å². The van der Waals surface area contributed by atoms with E-state index in [1.807, 2.05) is 24.3 Å². The number of nitrogens with one attached hydrogen (secondary N) is 1. The molecule has 0 amide bonds. The lowest BCUT2D eigenvalue weighted by molar-refractivity contribution is 0.345. The SMILES string of the molecule is C=C(CNC(C)C)COc1ccccc1I. The van der Waals surface area contributed by atoms with Crippen LogP contribution in [0.25, 0.3) is 0 Å². The largest absolute Gasteiger partial charge is 0.488 e. The summed E-state index contributed by atoms with van der Waals surface area (Å²) in [7, 11) is 0. The molecule has 0 atom stereocenters. The maximum absolute atomic E-state index is 5.68. The summed E-state index contributed by atoms with van der Waals surface area (Å²) in [4.78, 5) is 0. The van der Waals surface area contributed by atoms with Crippen molar-refractivity contribution in [2.75, 3.05) is 13.2 Å². The van der Waals surface area contributed by atoms with Crippen LogP contribution in [-0.4, -0.2) is 19.2 Å². The van der Waals surface area contributed by atoms with Gasteiger partial charge in [-0.15, -0.1) is 0 Å². The van der Waals surface area contributed by atoms with Crippen LogP contribution in [0, 0.1) is 3.57 Å². The van der Waals surface area contributed by atoms with Gasteiger partial charge in [-0.25, -0.2) is 0 Å². The molecular formula is C13H18INO. The Bertz CT molecular complexity index is 350. The molecule has 0 unspecified atom stereocenters. The summed E-state index contributed by atoms with van der Waals surface area (Å²) in [5.41, 5.74) is 1.06. The van der Waals surface area contributed by atoms with Crippen molar-refractivity contribution < 1.29 is 4.74 Å². The number of hydrogen-bond acceptors (Lipinski definition) is 2. The van der Waals surface area contributed by atoms with Crippen molar-refractivity contribution in [1.82, 2.24) is 5.32 Å². The van der Waals surface area contributed by atoms with Crippen LogP contribution < -0.4 is 10.1 Å². The van der Waals surface area contributed by atoms with Crippen molar-refractivity contribution in [2.24, 2.45) is 0 Å². The van der Waals surface area contributed by atoms with Crippen LogP contribution in [0.5, 0.6) is 5.75 Å². The van der Waals surface area contributed by atoms with E-state index in [0.29, 0.717) is 12.6 Å². The van der Waals surface area contributed by atoms with E-state index in [-0.39, 0.29) is 0 Å². The molecule has 3 heteroatoms. The average molecular weight is 331 g/mol. The van der Waals surface area contributed by atoms with Crippen LogP contribution >= 0.6 is 22.6 Å². The number of rotatable bonds is 6. The maximum atomic E-state index is 5.68. The Kier molecular flexibility index (Phi) is 5.84. The number of benzene rings is 1. The Labute approximate surface area is 111 Å². The maximum Gasteiger partial charge on any atom is 0.133 e. The first-order chi connectivity index (χ1) is 7.59. The molecule has 1 N–H and O–H groups in total. The molecule has 0 aromatic heterocycles. The molecule has 0 radical (unpaired) electrons. The van der Waals surface area contributed by atoms with E-state index < -0.39 is 0 Å². The predicted molar refractivity (Wildman–Crippen MR) is 76.9 cm³/mol. The second kappa shape index (κ2) is 6.91. The van der Waals surface area contributed by atoms with Crippen molar-refractivity contribution >= 4 is 22.6 Å². The summed E-state index contributed by atoms with van der Waals surface area (Å²) >= 11 is 2.27. The van der Waals surface area contributed by atoms with Crippen LogP contribution in [-0.2, 0) is 0 Å². The van der Waals surface area contributed by atoms with Gasteiger partial charge in [-0.3, -0.25) is 0 Å². The molecule has 1 aromatic rings. The molecule has 0 saturated heterocycles. The van der Waals surface area contributed by atoms with Gasteiger partial charge in [-0.05, 0) is 40.3 Å². The molecule has 2 nitrogen and oxygen atoms in total. The molecule has 0 spiro atoms. The van der Waals surface area contributed by atoms with Gasteiger partial charge in [-0.1, -0.05) is 32.6 Å². The van der Waals surface area contributed by atoms with Crippen LogP contribution in [0.3, 0.4) is 0 Å². The lowest BCUT2D eigenvalue weighted by Crippen LogP contribution is -2.26. The molecular weight excluding hydrogens is 313 g/mol. The van der Waals surface area contributed by atoms with Crippen molar-refractivity contribution in [3.05, 3.63) is 40.0 Å². The number of halogens is 1. The minimum absolute atomic E-state index is 0.480. The number of hydrogen-bond donors (Lipinski definition) is 1. The van der Waals surface area contributed by atoms with Gasteiger partial charge in [-0.2, -0.15) is 0 Å². The van der Waals surface area contributed by atoms with Crippen molar-refractivity contribution in [3.63, 3.8) is 0 Å². The second-order valence-corrected chi connectivity index (χ2v) is 5.17. The van der Waals surface area contributed by atoms with Gasteiger partial charge in [0, 0.05) is 12.6 Å². The Balaban J connectivity index is 2.35. The zero-order chi connectivity index (χ0) is 12.0. The predicted octanol–water partition coefficient (Wildman–Crippen LogP) is 3.22. The molecule has 0 aliphatic carbocycles. The monoisotopic (exact) mass is 331 g/mol. The first-order valence-corrected chi connectivity index (χ1v) is 6.45. The van der Waals surface area contributed by atoms with E-state index in [0.717, 1.165) is 21.4 Å². The van der Waals surface area contributed by atoms with Crippen LogP contribution in [0.4, 0.5) is 0 Å². The summed E-state index contributed by atoms with van der Waals surface area (Å²) in [5.74, 6) is 0.925. The first-order valence-electron chi connectivity index (χ1n) is 5.37. The zero-order valence-corrected chi connectivity index (χ0v) is 12.0. The summed E-state index contributed by atoms with van der Waals surface area (Å²) in [6.07, 6.45) is 0. The highest BCUT2D eigenvalue weighted by molar-refractivity contribution is 14.1. The lowest BCUT2D eigenvalue weighted by atomic mass is 10.3. The standard InChI is InChI=1S/C13H18INO/c1-10(2)15-8-11(3)9-16-13-7-5-4-6-12(13)14/h4-7,10,15H,3,8-9H2,1-2H3. The van der Waals surface area contributed by atoms with Gasteiger partial charge in [0.1, 0.15) is 12.4 Å². The third kappa shape index (κ3) is 4.99. The Morgan fingerprint density at radius 3 is 2.75 bits per heavy atom. The molecule has 16 heavy (non-hydrogen) atoms. The van der Waals surface area contributed by atoms with Gasteiger partial charge in [0.05, 0.1) is 3.57 Å². The smallest absolute Gasteiger partial charge is 0.133 e. The minimum atomic E-state index is 0.480. The van der Waals surface area contributed by atoms with E-state index in [2.05, 4.69) is 48.3 Å². The third-order valence-corrected chi connectivity index (χ3v) is 2.92. The lowest BCUT2D eigenvalue weighted by Gasteiger charge is -2.12. The fourth-order valence-electron chi connectivity index (χ4n) is 1.14. The summed E-state index contributed by atoms with van der Waals surface area (Å²) in [5, 5.41) is 3.31. The van der Waals surface area contributed by atoms with E-state index in [1.165, 1.54) is 0 Å². The first kappa shape index (κ1) is 13.5. The quantitative estimate of drug-likeness (QED) is 0.638. The third-order valence-electron chi connectivity index (χ3n) is 2.03. The van der Waals surface area contributed by atoms with E-state index in [9.17, 15) is 0 Å². The van der Waals surface area contributed by atoms with Crippen LogP contribution in [0.2, 0.25) is 0 Å². The molecule has 0 heterocycles. The van der Waals surface area contributed by atoms with Gasteiger partial charge in [0.15, 0.2) is 0 Å². The Morgan fingerprint density at radius 2 is 2.12 bits per heavy atom. The van der Waals surface area contributed by atoms with Crippen LogP contribution in [0.15, 0.2) is 36.4 Å². The zero-order valence-electron chi connectivity index (χ0n) is 9.79. The summed E-state index contributed by atoms with van der Waals surface area (Å²) in [6, 6.07) is 8.47. The normalized spacial score (nSPS) is 10.5. The number of para-hydroxylation sites is 1. The highest BCUT2D eigenvalue weighted by Gasteiger charge is 2.01. The van der Waals surface area contributed by atoms with Crippen molar-refractivity contribution in [2.45, 2.75) is 19.9 Å². The van der Waals surface area contributed by atoms with E-state index in [4.69, 9.17) is 4.74 Å².